The topological polar surface area (TPSA) is 42.9 Å². The van der Waals surface area contributed by atoms with E-state index in [1.165, 1.54) is 57.4 Å². The predicted octanol–water partition coefficient (Wildman–Crippen LogP) is 2.30. The zero-order valence-electron chi connectivity index (χ0n) is 17.2. The molecule has 1 aliphatic carbocycles. The van der Waals surface area contributed by atoms with E-state index in [4.69, 9.17) is 4.99 Å². The Balaban J connectivity index is 1.52. The van der Waals surface area contributed by atoms with E-state index < -0.39 is 0 Å². The Morgan fingerprint density at radius 1 is 1.04 bits per heavy atom. The van der Waals surface area contributed by atoms with Crippen molar-refractivity contribution >= 4 is 5.96 Å². The largest absolute Gasteiger partial charge is 0.357 e. The number of hydrogen-bond acceptors (Lipinski definition) is 3. The minimum absolute atomic E-state index is 0.249. The van der Waals surface area contributed by atoms with Crippen molar-refractivity contribution in [2.24, 2.45) is 4.99 Å². The number of nitrogens with one attached hydrogen (secondary N) is 2. The highest BCUT2D eigenvalue weighted by Gasteiger charge is 2.38. The van der Waals surface area contributed by atoms with Crippen LogP contribution in [0.4, 0.5) is 0 Å². The molecule has 1 aromatic carbocycles. The summed E-state index contributed by atoms with van der Waals surface area (Å²) in [5.74, 6) is 0.964. The van der Waals surface area contributed by atoms with E-state index in [0.29, 0.717) is 0 Å². The molecule has 1 aliphatic heterocycles. The molecule has 1 heterocycles. The SMILES string of the molecule is CCNC(=NCC1(c2ccccc2)CCC1)NCCN1CCCN(C)CC1. The van der Waals surface area contributed by atoms with Crippen LogP contribution in [0.5, 0.6) is 0 Å². The molecule has 1 aromatic rings. The third kappa shape index (κ3) is 5.69. The molecule has 1 saturated heterocycles. The van der Waals surface area contributed by atoms with Crippen LogP contribution in [0.25, 0.3) is 0 Å². The molecule has 0 amide bonds. The van der Waals surface area contributed by atoms with E-state index in [1.54, 1.807) is 0 Å². The Hall–Kier alpha value is -1.59. The van der Waals surface area contributed by atoms with Crippen molar-refractivity contribution in [1.29, 1.82) is 0 Å². The van der Waals surface area contributed by atoms with E-state index in [1.807, 2.05) is 0 Å². The number of rotatable bonds is 7. The molecule has 0 spiro atoms. The lowest BCUT2D eigenvalue weighted by Crippen LogP contribution is -2.44. The Labute approximate surface area is 165 Å². The van der Waals surface area contributed by atoms with Gasteiger partial charge in [-0.15, -0.1) is 0 Å². The van der Waals surface area contributed by atoms with Gasteiger partial charge in [-0.05, 0) is 51.9 Å². The van der Waals surface area contributed by atoms with Crippen LogP contribution >= 0.6 is 0 Å². The fraction of sp³-hybridized carbons (Fsp3) is 0.682. The molecule has 150 valence electrons. The van der Waals surface area contributed by atoms with Crippen molar-refractivity contribution in [2.45, 2.75) is 38.0 Å². The van der Waals surface area contributed by atoms with E-state index in [0.717, 1.165) is 32.1 Å². The van der Waals surface area contributed by atoms with Crippen molar-refractivity contribution in [1.82, 2.24) is 20.4 Å². The van der Waals surface area contributed by atoms with Crippen LogP contribution in [0.15, 0.2) is 35.3 Å². The first kappa shape index (κ1) is 20.2. The molecule has 0 unspecified atom stereocenters. The number of likely N-dealkylation sites (N-methyl/N-ethyl adjacent to an activating group) is 1. The van der Waals surface area contributed by atoms with Crippen molar-refractivity contribution in [3.8, 4) is 0 Å². The average Bonchev–Trinajstić information content (AvgIpc) is 2.86. The third-order valence-corrected chi connectivity index (χ3v) is 6.11. The van der Waals surface area contributed by atoms with Crippen molar-refractivity contribution in [3.63, 3.8) is 0 Å². The first-order valence-electron chi connectivity index (χ1n) is 10.7. The first-order valence-corrected chi connectivity index (χ1v) is 10.7. The molecular formula is C22H37N5. The van der Waals surface area contributed by atoms with Gasteiger partial charge in [-0.3, -0.25) is 4.99 Å². The standard InChI is InChI=1S/C22H37N5/c1-3-23-21(24-13-16-27-15-8-14-26(2)17-18-27)25-19-22(11-7-12-22)20-9-5-4-6-10-20/h4-6,9-10H,3,7-8,11-19H2,1-2H3,(H2,23,24,25). The normalized spacial score (nSPS) is 21.3. The van der Waals surface area contributed by atoms with Gasteiger partial charge in [-0.2, -0.15) is 0 Å². The van der Waals surface area contributed by atoms with Crippen LogP contribution in [-0.4, -0.2) is 75.2 Å². The Morgan fingerprint density at radius 2 is 1.85 bits per heavy atom. The molecule has 5 heteroatoms. The highest BCUT2D eigenvalue weighted by molar-refractivity contribution is 5.79. The number of benzene rings is 1. The second-order valence-corrected chi connectivity index (χ2v) is 8.12. The van der Waals surface area contributed by atoms with E-state index in [9.17, 15) is 0 Å². The van der Waals surface area contributed by atoms with Crippen LogP contribution in [-0.2, 0) is 5.41 Å². The molecule has 2 fully saturated rings. The lowest BCUT2D eigenvalue weighted by Gasteiger charge is -2.41. The smallest absolute Gasteiger partial charge is 0.191 e. The summed E-state index contributed by atoms with van der Waals surface area (Å²) in [4.78, 5) is 9.96. The van der Waals surface area contributed by atoms with Gasteiger partial charge in [0.1, 0.15) is 0 Å². The molecule has 2 aliphatic rings. The van der Waals surface area contributed by atoms with Gasteiger partial charge in [0.15, 0.2) is 5.96 Å². The molecule has 2 N–H and O–H groups in total. The van der Waals surface area contributed by atoms with Gasteiger partial charge in [0.05, 0.1) is 6.54 Å². The summed E-state index contributed by atoms with van der Waals surface area (Å²) in [6.45, 7) is 10.7. The van der Waals surface area contributed by atoms with Crippen LogP contribution < -0.4 is 10.6 Å². The Kier molecular flexibility index (Phi) is 7.53. The summed E-state index contributed by atoms with van der Waals surface area (Å²) in [7, 11) is 2.22. The molecule has 5 nitrogen and oxygen atoms in total. The number of nitrogens with zero attached hydrogens (tertiary/aromatic N) is 3. The lowest BCUT2D eigenvalue weighted by molar-refractivity contribution is 0.253. The maximum absolute atomic E-state index is 4.96. The minimum Gasteiger partial charge on any atom is -0.357 e. The molecule has 27 heavy (non-hydrogen) atoms. The second-order valence-electron chi connectivity index (χ2n) is 8.12. The zero-order valence-corrected chi connectivity index (χ0v) is 17.2. The van der Waals surface area contributed by atoms with Crippen molar-refractivity contribution in [3.05, 3.63) is 35.9 Å². The molecule has 1 saturated carbocycles. The molecule has 0 aromatic heterocycles. The van der Waals surface area contributed by atoms with Gasteiger partial charge in [0.2, 0.25) is 0 Å². The highest BCUT2D eigenvalue weighted by atomic mass is 15.2. The van der Waals surface area contributed by atoms with E-state index in [2.05, 4.69) is 64.7 Å². The molecular weight excluding hydrogens is 334 g/mol. The summed E-state index contributed by atoms with van der Waals surface area (Å²) in [5.41, 5.74) is 1.70. The predicted molar refractivity (Wildman–Crippen MR) is 115 cm³/mol. The van der Waals surface area contributed by atoms with Gasteiger partial charge in [0.25, 0.3) is 0 Å². The van der Waals surface area contributed by atoms with Crippen LogP contribution in [0, 0.1) is 0 Å². The van der Waals surface area contributed by atoms with Crippen LogP contribution in [0.1, 0.15) is 38.2 Å². The fourth-order valence-electron chi connectivity index (χ4n) is 4.16. The minimum atomic E-state index is 0.249. The second kappa shape index (κ2) is 10.1. The summed E-state index contributed by atoms with van der Waals surface area (Å²) < 4.78 is 0. The summed E-state index contributed by atoms with van der Waals surface area (Å²) >= 11 is 0. The van der Waals surface area contributed by atoms with Gasteiger partial charge >= 0.3 is 0 Å². The van der Waals surface area contributed by atoms with Gasteiger partial charge < -0.3 is 20.4 Å². The summed E-state index contributed by atoms with van der Waals surface area (Å²) in [6.07, 6.45) is 5.09. The number of guanidine groups is 1. The van der Waals surface area contributed by atoms with Gasteiger partial charge in [-0.1, -0.05) is 36.8 Å². The fourth-order valence-corrected chi connectivity index (χ4v) is 4.16. The molecule has 0 radical (unpaired) electrons. The number of hydrogen-bond donors (Lipinski definition) is 2. The number of aliphatic imine (C=N–C) groups is 1. The molecule has 3 rings (SSSR count). The monoisotopic (exact) mass is 371 g/mol. The zero-order chi connectivity index (χ0) is 19.0. The van der Waals surface area contributed by atoms with Crippen molar-refractivity contribution < 1.29 is 0 Å². The maximum atomic E-state index is 4.96. The average molecular weight is 372 g/mol. The van der Waals surface area contributed by atoms with Crippen LogP contribution in [0.3, 0.4) is 0 Å². The maximum Gasteiger partial charge on any atom is 0.191 e. The van der Waals surface area contributed by atoms with Gasteiger partial charge in [-0.25, -0.2) is 0 Å². The first-order chi connectivity index (χ1) is 13.2. The lowest BCUT2D eigenvalue weighted by atomic mass is 9.64. The van der Waals surface area contributed by atoms with Crippen molar-refractivity contribution in [2.75, 3.05) is 59.4 Å². The molecule has 0 bridgehead atoms. The Bertz CT molecular complexity index is 582. The van der Waals surface area contributed by atoms with E-state index in [-0.39, 0.29) is 5.41 Å². The van der Waals surface area contributed by atoms with Crippen LogP contribution in [0.2, 0.25) is 0 Å². The molecule has 0 atom stereocenters. The summed E-state index contributed by atoms with van der Waals surface area (Å²) in [5, 5.41) is 6.98. The summed E-state index contributed by atoms with van der Waals surface area (Å²) in [6, 6.07) is 10.9. The highest BCUT2D eigenvalue weighted by Crippen LogP contribution is 2.43. The quantitative estimate of drug-likeness (QED) is 0.570. The third-order valence-electron chi connectivity index (χ3n) is 6.11. The Morgan fingerprint density at radius 3 is 2.56 bits per heavy atom. The van der Waals surface area contributed by atoms with E-state index >= 15 is 0 Å². The van der Waals surface area contributed by atoms with Gasteiger partial charge in [0, 0.05) is 38.1 Å².